The summed E-state index contributed by atoms with van der Waals surface area (Å²) in [6.07, 6.45) is 1.08. The zero-order chi connectivity index (χ0) is 18.1. The van der Waals surface area contributed by atoms with Gasteiger partial charge in [-0.1, -0.05) is 18.2 Å². The lowest BCUT2D eigenvalue weighted by Gasteiger charge is -2.18. The Hall–Kier alpha value is -2.06. The highest BCUT2D eigenvalue weighted by molar-refractivity contribution is 7.93. The normalized spacial score (nSPS) is 12.0. The third-order valence-electron chi connectivity index (χ3n) is 3.59. The summed E-state index contributed by atoms with van der Waals surface area (Å²) >= 11 is 0. The quantitative estimate of drug-likeness (QED) is 0.879. The van der Waals surface area contributed by atoms with E-state index in [-0.39, 0.29) is 4.90 Å². The molecule has 8 heteroatoms. The summed E-state index contributed by atoms with van der Waals surface area (Å²) < 4.78 is 52.0. The van der Waals surface area contributed by atoms with Crippen molar-refractivity contribution in [1.29, 1.82) is 0 Å². The Labute approximate surface area is 143 Å². The van der Waals surface area contributed by atoms with Crippen LogP contribution < -0.4 is 9.03 Å². The van der Waals surface area contributed by atoms with Crippen LogP contribution in [-0.2, 0) is 20.0 Å². The van der Waals surface area contributed by atoms with E-state index >= 15 is 0 Å². The molecule has 0 bridgehead atoms. The molecular formula is C16H20N2O4S2. The molecule has 0 aliphatic heterocycles. The Kier molecular flexibility index (Phi) is 4.91. The first kappa shape index (κ1) is 18.3. The van der Waals surface area contributed by atoms with Crippen LogP contribution in [0.15, 0.2) is 47.4 Å². The standard InChI is InChI=1S/C16H20N2O4S2/c1-12-8-9-13(2)16(10-12)24(21,22)17-14-6-5-7-15(11-14)18(3)23(4,19)20/h5-11,17H,1-4H3. The van der Waals surface area contributed by atoms with Gasteiger partial charge >= 0.3 is 0 Å². The summed E-state index contributed by atoms with van der Waals surface area (Å²) in [5, 5.41) is 0. The summed E-state index contributed by atoms with van der Waals surface area (Å²) in [7, 11) is -5.78. The van der Waals surface area contributed by atoms with E-state index in [9.17, 15) is 16.8 Å². The molecule has 0 spiro atoms. The van der Waals surface area contributed by atoms with E-state index in [1.807, 2.05) is 13.0 Å². The van der Waals surface area contributed by atoms with E-state index in [0.29, 0.717) is 16.9 Å². The Balaban J connectivity index is 2.39. The predicted octanol–water partition coefficient (Wildman–Crippen LogP) is 2.50. The van der Waals surface area contributed by atoms with Gasteiger partial charge in [-0.05, 0) is 49.2 Å². The largest absolute Gasteiger partial charge is 0.280 e. The molecule has 2 aromatic carbocycles. The molecule has 0 radical (unpaired) electrons. The molecule has 2 rings (SSSR count). The molecule has 0 saturated heterocycles. The van der Waals surface area contributed by atoms with Crippen molar-refractivity contribution < 1.29 is 16.8 Å². The smallest absolute Gasteiger partial charge is 0.262 e. The van der Waals surface area contributed by atoms with Gasteiger partial charge in [0.05, 0.1) is 22.5 Å². The molecule has 0 saturated carbocycles. The van der Waals surface area contributed by atoms with E-state index < -0.39 is 20.0 Å². The summed E-state index contributed by atoms with van der Waals surface area (Å²) in [4.78, 5) is 0.198. The van der Waals surface area contributed by atoms with Crippen molar-refractivity contribution in [1.82, 2.24) is 0 Å². The first-order valence-corrected chi connectivity index (χ1v) is 10.5. The summed E-state index contributed by atoms with van der Waals surface area (Å²) in [5.41, 5.74) is 2.15. The monoisotopic (exact) mass is 368 g/mol. The highest BCUT2D eigenvalue weighted by Gasteiger charge is 2.18. The molecule has 0 aromatic heterocycles. The van der Waals surface area contributed by atoms with Gasteiger partial charge in [0.1, 0.15) is 0 Å². The van der Waals surface area contributed by atoms with Crippen LogP contribution in [0.2, 0.25) is 0 Å². The molecule has 0 amide bonds. The zero-order valence-corrected chi connectivity index (χ0v) is 15.6. The fourth-order valence-electron chi connectivity index (χ4n) is 2.16. The van der Waals surface area contributed by atoms with Gasteiger partial charge in [0.2, 0.25) is 10.0 Å². The third-order valence-corrected chi connectivity index (χ3v) is 6.32. The van der Waals surface area contributed by atoms with Crippen LogP contribution in [0.5, 0.6) is 0 Å². The van der Waals surface area contributed by atoms with Gasteiger partial charge in [0.25, 0.3) is 10.0 Å². The summed E-state index contributed by atoms with van der Waals surface area (Å²) in [6, 6.07) is 11.4. The minimum Gasteiger partial charge on any atom is -0.280 e. The minimum atomic E-state index is -3.76. The number of anilines is 2. The number of benzene rings is 2. The average molecular weight is 368 g/mol. The molecule has 0 aliphatic rings. The Bertz CT molecular complexity index is 967. The van der Waals surface area contributed by atoms with Crippen LogP contribution in [0, 0.1) is 13.8 Å². The van der Waals surface area contributed by atoms with E-state index in [2.05, 4.69) is 4.72 Å². The van der Waals surface area contributed by atoms with Crippen LogP contribution in [0.3, 0.4) is 0 Å². The molecule has 130 valence electrons. The van der Waals surface area contributed by atoms with E-state index in [4.69, 9.17) is 0 Å². The minimum absolute atomic E-state index is 0.198. The number of aryl methyl sites for hydroxylation is 2. The molecule has 0 aliphatic carbocycles. The second-order valence-electron chi connectivity index (χ2n) is 5.66. The average Bonchev–Trinajstić information content (AvgIpc) is 2.47. The first-order valence-electron chi connectivity index (χ1n) is 7.15. The lowest BCUT2D eigenvalue weighted by Crippen LogP contribution is -2.25. The van der Waals surface area contributed by atoms with Gasteiger partial charge in [0.15, 0.2) is 0 Å². The Morgan fingerprint density at radius 3 is 2.25 bits per heavy atom. The zero-order valence-electron chi connectivity index (χ0n) is 13.9. The number of rotatable bonds is 5. The van der Waals surface area contributed by atoms with Crippen LogP contribution in [0.25, 0.3) is 0 Å². The number of nitrogens with zero attached hydrogens (tertiary/aromatic N) is 1. The maximum atomic E-state index is 12.6. The van der Waals surface area contributed by atoms with Gasteiger partial charge in [-0.3, -0.25) is 9.03 Å². The van der Waals surface area contributed by atoms with Gasteiger partial charge < -0.3 is 0 Å². The predicted molar refractivity (Wildman–Crippen MR) is 96.4 cm³/mol. The molecule has 6 nitrogen and oxygen atoms in total. The van der Waals surface area contributed by atoms with Crippen LogP contribution in [0.4, 0.5) is 11.4 Å². The van der Waals surface area contributed by atoms with E-state index in [1.54, 1.807) is 37.3 Å². The number of hydrogen-bond donors (Lipinski definition) is 1. The number of nitrogens with one attached hydrogen (secondary N) is 1. The lowest BCUT2D eigenvalue weighted by molar-refractivity contribution is 0.599. The summed E-state index contributed by atoms with van der Waals surface area (Å²) in [6.45, 7) is 3.54. The molecule has 24 heavy (non-hydrogen) atoms. The van der Waals surface area contributed by atoms with Crippen molar-refractivity contribution in [3.05, 3.63) is 53.6 Å². The van der Waals surface area contributed by atoms with Crippen LogP contribution in [0.1, 0.15) is 11.1 Å². The number of hydrogen-bond acceptors (Lipinski definition) is 4. The maximum absolute atomic E-state index is 12.6. The van der Waals surface area contributed by atoms with Crippen molar-refractivity contribution in [3.8, 4) is 0 Å². The van der Waals surface area contributed by atoms with Crippen molar-refractivity contribution in [2.24, 2.45) is 0 Å². The summed E-state index contributed by atoms with van der Waals surface area (Å²) in [5.74, 6) is 0. The van der Waals surface area contributed by atoms with E-state index in [0.717, 1.165) is 16.1 Å². The fourth-order valence-corrected chi connectivity index (χ4v) is 4.04. The van der Waals surface area contributed by atoms with Gasteiger partial charge in [0, 0.05) is 7.05 Å². The lowest BCUT2D eigenvalue weighted by atomic mass is 10.2. The molecule has 0 atom stereocenters. The highest BCUT2D eigenvalue weighted by atomic mass is 32.2. The van der Waals surface area contributed by atoms with Gasteiger partial charge in [-0.2, -0.15) is 0 Å². The molecular weight excluding hydrogens is 348 g/mol. The first-order chi connectivity index (χ1) is 11.0. The third kappa shape index (κ3) is 4.07. The Morgan fingerprint density at radius 1 is 0.958 bits per heavy atom. The van der Waals surface area contributed by atoms with Gasteiger partial charge in [-0.15, -0.1) is 0 Å². The van der Waals surface area contributed by atoms with Crippen LogP contribution >= 0.6 is 0 Å². The highest BCUT2D eigenvalue weighted by Crippen LogP contribution is 2.24. The second-order valence-corrected chi connectivity index (χ2v) is 9.32. The van der Waals surface area contributed by atoms with Gasteiger partial charge in [-0.25, -0.2) is 16.8 Å². The topological polar surface area (TPSA) is 83.6 Å². The fraction of sp³-hybridized carbons (Fsp3) is 0.250. The van der Waals surface area contributed by atoms with Crippen molar-refractivity contribution in [2.75, 3.05) is 22.3 Å². The van der Waals surface area contributed by atoms with Crippen molar-refractivity contribution >= 4 is 31.4 Å². The maximum Gasteiger partial charge on any atom is 0.262 e. The molecule has 0 fully saturated rings. The van der Waals surface area contributed by atoms with Crippen molar-refractivity contribution in [2.45, 2.75) is 18.7 Å². The molecule has 0 unspecified atom stereocenters. The van der Waals surface area contributed by atoms with Crippen molar-refractivity contribution in [3.63, 3.8) is 0 Å². The second kappa shape index (κ2) is 6.45. The van der Waals surface area contributed by atoms with Crippen LogP contribution in [-0.4, -0.2) is 30.1 Å². The SMILES string of the molecule is Cc1ccc(C)c(S(=O)(=O)Nc2cccc(N(C)S(C)(=O)=O)c2)c1. The molecule has 1 N–H and O–H groups in total. The van der Waals surface area contributed by atoms with E-state index in [1.165, 1.54) is 13.1 Å². The molecule has 0 heterocycles. The Morgan fingerprint density at radius 2 is 1.62 bits per heavy atom. The molecule has 2 aromatic rings. The number of sulfonamides is 2.